The lowest BCUT2D eigenvalue weighted by Crippen LogP contribution is -2.49. The Morgan fingerprint density at radius 1 is 1.22 bits per heavy atom. The molecule has 3 aliphatic rings. The minimum atomic E-state index is -3.67. The zero-order valence-electron chi connectivity index (χ0n) is 23.5. The molecule has 0 aromatic heterocycles. The largest absolute Gasteiger partial charge is 0.490 e. The lowest BCUT2D eigenvalue weighted by atomic mass is 9.68. The van der Waals surface area contributed by atoms with E-state index < -0.39 is 27.3 Å². The maximum atomic E-state index is 11.9. The van der Waals surface area contributed by atoms with E-state index in [1.54, 1.807) is 44.2 Å². The summed E-state index contributed by atoms with van der Waals surface area (Å²) in [6.07, 6.45) is 7.42. The number of anilines is 1. The van der Waals surface area contributed by atoms with E-state index in [2.05, 4.69) is 11.0 Å². The lowest BCUT2D eigenvalue weighted by molar-refractivity contribution is 0.0454. The second kappa shape index (κ2) is 11.6. The first-order valence-corrected chi connectivity index (χ1v) is 16.3. The molecule has 8 nitrogen and oxygen atoms in total. The Balaban J connectivity index is 1.42. The molecule has 41 heavy (non-hydrogen) atoms. The van der Waals surface area contributed by atoms with Crippen LogP contribution < -0.4 is 14.8 Å². The van der Waals surface area contributed by atoms with Crippen LogP contribution in [0.3, 0.4) is 0 Å². The quantitative estimate of drug-likeness (QED) is 0.371. The summed E-state index contributed by atoms with van der Waals surface area (Å²) in [5.41, 5.74) is 3.15. The van der Waals surface area contributed by atoms with Crippen LogP contribution in [0.25, 0.3) is 0 Å². The molecule has 1 saturated carbocycles. The van der Waals surface area contributed by atoms with Crippen LogP contribution in [0.1, 0.15) is 61.0 Å². The van der Waals surface area contributed by atoms with E-state index in [1.807, 2.05) is 12.1 Å². The molecule has 2 aliphatic carbocycles. The molecule has 2 aromatic rings. The van der Waals surface area contributed by atoms with Crippen LogP contribution in [-0.2, 0) is 21.9 Å². The predicted molar refractivity (Wildman–Crippen MR) is 160 cm³/mol. The first-order chi connectivity index (χ1) is 19.4. The van der Waals surface area contributed by atoms with E-state index in [9.17, 15) is 23.4 Å². The summed E-state index contributed by atoms with van der Waals surface area (Å²) in [7, 11) is -3.67. The van der Waals surface area contributed by atoms with E-state index in [0.29, 0.717) is 30.5 Å². The highest BCUT2D eigenvalue weighted by molar-refractivity contribution is 7.89. The number of nitrogens with zero attached hydrogens (tertiary/aromatic N) is 1. The van der Waals surface area contributed by atoms with Crippen molar-refractivity contribution in [2.24, 2.45) is 22.9 Å². The zero-order chi connectivity index (χ0) is 29.5. The van der Waals surface area contributed by atoms with Crippen molar-refractivity contribution in [1.82, 2.24) is 0 Å². The van der Waals surface area contributed by atoms with Gasteiger partial charge in [0.25, 0.3) is 0 Å². The number of carboxylic acid groups (broad SMARTS) is 1. The van der Waals surface area contributed by atoms with Crippen LogP contribution >= 0.6 is 11.6 Å². The molecule has 0 saturated heterocycles. The van der Waals surface area contributed by atoms with E-state index in [4.69, 9.17) is 21.5 Å². The Bertz CT molecular complexity index is 1450. The van der Waals surface area contributed by atoms with Crippen molar-refractivity contribution in [3.8, 4) is 5.75 Å². The summed E-state index contributed by atoms with van der Waals surface area (Å²) in [6.45, 7) is 5.13. The molecule has 0 amide bonds. The second-order valence-corrected chi connectivity index (χ2v) is 14.5. The van der Waals surface area contributed by atoms with Gasteiger partial charge in [0, 0.05) is 23.5 Å². The standard InChI is InChI=1S/C31H39ClN2O6S/c1-19(20(2)41(33,38)39)5-11-28(35)25-9-6-23(25)16-34-17-31(13-3-4-21-14-24(32)8-10-26(21)31)18-40-29-12-7-22(30(36)37)15-27(29)34/h5,7-8,10-12,14-15,19-20,23,25,28,35H,3-4,6,9,13,16-18H2,1-2H3,(H,36,37)(H2,33,38,39)/b11-5+/t19-,20-,23+,25-,28+,31+/m1/s1. The van der Waals surface area contributed by atoms with Crippen LogP contribution in [0.4, 0.5) is 5.69 Å². The van der Waals surface area contributed by atoms with E-state index in [0.717, 1.165) is 37.8 Å². The fourth-order valence-electron chi connectivity index (χ4n) is 6.69. The first kappa shape index (κ1) is 29.9. The van der Waals surface area contributed by atoms with Crippen molar-refractivity contribution >= 4 is 33.3 Å². The number of ether oxygens (including phenoxy) is 1. The number of hydrogen-bond acceptors (Lipinski definition) is 6. The van der Waals surface area contributed by atoms with Gasteiger partial charge in [0.1, 0.15) is 5.75 Å². The van der Waals surface area contributed by atoms with E-state index >= 15 is 0 Å². The average molecular weight is 603 g/mol. The topological polar surface area (TPSA) is 130 Å². The molecule has 0 bridgehead atoms. The third-order valence-corrected chi connectivity index (χ3v) is 11.2. The third-order valence-electron chi connectivity index (χ3n) is 9.52. The van der Waals surface area contributed by atoms with Gasteiger partial charge in [0.15, 0.2) is 0 Å². The summed E-state index contributed by atoms with van der Waals surface area (Å²) in [5, 5.41) is 26.1. The monoisotopic (exact) mass is 602 g/mol. The van der Waals surface area contributed by atoms with Gasteiger partial charge < -0.3 is 19.8 Å². The number of carbonyl (C=O) groups is 1. The molecule has 2 aromatic carbocycles. The summed E-state index contributed by atoms with van der Waals surface area (Å²) in [6, 6.07) is 11.1. The highest BCUT2D eigenvalue weighted by Crippen LogP contribution is 2.46. The molecule has 1 heterocycles. The summed E-state index contributed by atoms with van der Waals surface area (Å²) in [5.74, 6) is -0.483. The van der Waals surface area contributed by atoms with Crippen LogP contribution in [0.2, 0.25) is 5.02 Å². The van der Waals surface area contributed by atoms with Gasteiger partial charge in [-0.3, -0.25) is 0 Å². The Morgan fingerprint density at radius 3 is 2.68 bits per heavy atom. The molecule has 222 valence electrons. The number of nitrogens with two attached hydrogens (primary N) is 1. The molecule has 6 atom stereocenters. The molecule has 5 rings (SSSR count). The van der Waals surface area contributed by atoms with Crippen molar-refractivity contribution in [3.63, 3.8) is 0 Å². The number of hydrogen-bond donors (Lipinski definition) is 3. The number of aromatic carboxylic acids is 1. The number of primary sulfonamides is 1. The van der Waals surface area contributed by atoms with Crippen molar-refractivity contribution in [1.29, 1.82) is 0 Å². The maximum absolute atomic E-state index is 11.9. The number of carboxylic acids is 1. The molecule has 10 heteroatoms. The minimum absolute atomic E-state index is 0.00640. The van der Waals surface area contributed by atoms with Crippen molar-refractivity contribution in [2.45, 2.75) is 62.7 Å². The summed E-state index contributed by atoms with van der Waals surface area (Å²) < 4.78 is 29.9. The number of halogens is 1. The molecular formula is C31H39ClN2O6S. The van der Waals surface area contributed by atoms with Crippen molar-refractivity contribution in [3.05, 3.63) is 70.3 Å². The summed E-state index contributed by atoms with van der Waals surface area (Å²) in [4.78, 5) is 14.1. The first-order valence-electron chi connectivity index (χ1n) is 14.3. The third kappa shape index (κ3) is 6.14. The van der Waals surface area contributed by atoms with Crippen LogP contribution in [0.5, 0.6) is 5.75 Å². The maximum Gasteiger partial charge on any atom is 0.335 e. The van der Waals surface area contributed by atoms with Crippen LogP contribution in [-0.4, -0.2) is 55.7 Å². The Hall–Kier alpha value is -2.59. The highest BCUT2D eigenvalue weighted by Gasteiger charge is 2.44. The van der Waals surface area contributed by atoms with Crippen molar-refractivity contribution in [2.75, 3.05) is 24.6 Å². The number of aryl methyl sites for hydroxylation is 1. The molecule has 1 spiro atoms. The van der Waals surface area contributed by atoms with Crippen LogP contribution in [0, 0.1) is 17.8 Å². The summed E-state index contributed by atoms with van der Waals surface area (Å²) >= 11 is 6.35. The van der Waals surface area contributed by atoms with Gasteiger partial charge in [-0.25, -0.2) is 18.4 Å². The van der Waals surface area contributed by atoms with Gasteiger partial charge in [0.2, 0.25) is 10.0 Å². The van der Waals surface area contributed by atoms with E-state index in [-0.39, 0.29) is 28.7 Å². The predicted octanol–water partition coefficient (Wildman–Crippen LogP) is 4.77. The molecule has 0 radical (unpaired) electrons. The van der Waals surface area contributed by atoms with Gasteiger partial charge in [-0.2, -0.15) is 0 Å². The van der Waals surface area contributed by atoms with Crippen LogP contribution in [0.15, 0.2) is 48.6 Å². The van der Waals surface area contributed by atoms with Gasteiger partial charge in [-0.1, -0.05) is 36.7 Å². The smallest absolute Gasteiger partial charge is 0.335 e. The van der Waals surface area contributed by atoms with Crippen molar-refractivity contribution < 1.29 is 28.2 Å². The normalized spacial score (nSPS) is 26.3. The number of aliphatic hydroxyl groups is 1. The van der Waals surface area contributed by atoms with Gasteiger partial charge in [0.05, 0.1) is 29.2 Å². The number of aliphatic hydroxyl groups excluding tert-OH is 1. The SMILES string of the molecule is C[C@H](/C=C/[C@H](O)[C@@H]1CC[C@H]1CN1C[C@@]2(CCCc3cc(Cl)ccc32)COc2ccc(C(=O)O)cc21)[C@@H](C)S(N)(=O)=O. The number of rotatable bonds is 8. The molecule has 1 aliphatic heterocycles. The number of sulfonamides is 1. The minimum Gasteiger partial charge on any atom is -0.490 e. The number of fused-ring (bicyclic) bond motifs is 3. The zero-order valence-corrected chi connectivity index (χ0v) is 25.1. The molecular weight excluding hydrogens is 564 g/mol. The van der Waals surface area contributed by atoms with Gasteiger partial charge in [-0.05, 0) is 98.2 Å². The van der Waals surface area contributed by atoms with Gasteiger partial charge in [-0.15, -0.1) is 0 Å². The van der Waals surface area contributed by atoms with Gasteiger partial charge >= 0.3 is 5.97 Å². The highest BCUT2D eigenvalue weighted by atomic mass is 35.5. The fourth-order valence-corrected chi connectivity index (χ4v) is 7.57. The Morgan fingerprint density at radius 2 is 2.00 bits per heavy atom. The van der Waals surface area contributed by atoms with E-state index in [1.165, 1.54) is 11.1 Å². The number of benzene rings is 2. The molecule has 4 N–H and O–H groups in total. The lowest BCUT2D eigenvalue weighted by Gasteiger charge is -2.45. The molecule has 1 fully saturated rings. The Kier molecular flexibility index (Phi) is 8.45. The number of allylic oxidation sites excluding steroid dienone is 1. The fraction of sp³-hybridized carbons (Fsp3) is 0.516. The second-order valence-electron chi connectivity index (χ2n) is 12.1. The molecule has 0 unspecified atom stereocenters. The Labute approximate surface area is 247 Å². The average Bonchev–Trinajstić information content (AvgIpc) is 3.05.